The number of ether oxygens (including phenoxy) is 6. The van der Waals surface area contributed by atoms with Crippen molar-refractivity contribution >= 4 is 46.7 Å². The van der Waals surface area contributed by atoms with Gasteiger partial charge in [0.25, 0.3) is 11.0 Å². The first-order chi connectivity index (χ1) is 14.3. The van der Waals surface area contributed by atoms with Crippen LogP contribution < -0.4 is 0 Å². The van der Waals surface area contributed by atoms with Gasteiger partial charge in [0, 0.05) is 34.6 Å². The van der Waals surface area contributed by atoms with Gasteiger partial charge in [-0.05, 0) is 11.6 Å². The van der Waals surface area contributed by atoms with Gasteiger partial charge >= 0.3 is 29.8 Å². The Kier molecular flexibility index (Phi) is 9.38. The van der Waals surface area contributed by atoms with Gasteiger partial charge in [0.1, 0.15) is 18.8 Å². The van der Waals surface area contributed by atoms with Gasteiger partial charge in [-0.2, -0.15) is 0 Å². The first-order valence-electron chi connectivity index (χ1n) is 8.99. The molecule has 0 aliphatic carbocycles. The SMILES string of the molecule is CC(=O)OCC(OC(C)=O)C1O[C@@](OC(C)=O)(C(=O)Cl)CC(OC(C)=O)C1OC(C)=O. The largest absolute Gasteiger partial charge is 0.462 e. The van der Waals surface area contributed by atoms with E-state index in [1.165, 1.54) is 0 Å². The van der Waals surface area contributed by atoms with E-state index in [0.717, 1.165) is 34.6 Å². The van der Waals surface area contributed by atoms with Crippen LogP contribution >= 0.6 is 11.6 Å². The number of carbonyl (C=O) groups excluding carboxylic acids is 6. The smallest absolute Gasteiger partial charge is 0.305 e. The summed E-state index contributed by atoms with van der Waals surface area (Å²) in [6, 6.07) is 0. The van der Waals surface area contributed by atoms with E-state index in [4.69, 9.17) is 40.0 Å². The summed E-state index contributed by atoms with van der Waals surface area (Å²) in [5, 5.41) is -1.29. The zero-order chi connectivity index (χ0) is 23.9. The fraction of sp³-hybridized carbons (Fsp3) is 0.667. The summed E-state index contributed by atoms with van der Waals surface area (Å²) in [6.45, 7) is 4.62. The van der Waals surface area contributed by atoms with E-state index in [0.29, 0.717) is 0 Å². The van der Waals surface area contributed by atoms with Crippen molar-refractivity contribution in [3.8, 4) is 0 Å². The van der Waals surface area contributed by atoms with E-state index in [9.17, 15) is 28.8 Å². The molecule has 0 N–H and O–H groups in total. The van der Waals surface area contributed by atoms with E-state index in [2.05, 4.69) is 0 Å². The predicted molar refractivity (Wildman–Crippen MR) is 98.1 cm³/mol. The number of carbonyl (C=O) groups is 6. The summed E-state index contributed by atoms with van der Waals surface area (Å²) in [6.07, 6.45) is -6.52. The summed E-state index contributed by atoms with van der Waals surface area (Å²) in [5.41, 5.74) is 0. The molecule has 12 nitrogen and oxygen atoms in total. The standard InChI is InChI=1S/C18H23ClO12/c1-8(20)26-7-14(28-10(3)22)16-15(29-11(4)23)13(27-9(2)21)6-18(31-16,17(19)25)30-12(5)24/h13-16H,6-7H2,1-5H3/t13?,14?,15?,16?,18-/m1/s1. The van der Waals surface area contributed by atoms with Crippen molar-refractivity contribution in [2.75, 3.05) is 6.61 Å². The van der Waals surface area contributed by atoms with Crippen molar-refractivity contribution in [3.05, 3.63) is 0 Å². The number of hydrogen-bond donors (Lipinski definition) is 0. The highest BCUT2D eigenvalue weighted by atomic mass is 35.5. The fourth-order valence-corrected chi connectivity index (χ4v) is 3.10. The summed E-state index contributed by atoms with van der Waals surface area (Å²) in [7, 11) is 0. The van der Waals surface area contributed by atoms with E-state index in [1.807, 2.05) is 0 Å². The van der Waals surface area contributed by atoms with Crippen molar-refractivity contribution in [1.82, 2.24) is 0 Å². The van der Waals surface area contributed by atoms with Crippen molar-refractivity contribution in [3.63, 3.8) is 0 Å². The van der Waals surface area contributed by atoms with Gasteiger partial charge in [0.2, 0.25) is 0 Å². The normalized spacial score (nSPS) is 26.1. The molecule has 1 rings (SSSR count). The molecule has 0 amide bonds. The maximum atomic E-state index is 12.2. The quantitative estimate of drug-likeness (QED) is 0.271. The fourth-order valence-electron chi connectivity index (χ4n) is 2.94. The molecule has 4 unspecified atom stereocenters. The molecule has 0 spiro atoms. The van der Waals surface area contributed by atoms with Gasteiger partial charge in [-0.3, -0.25) is 28.8 Å². The summed E-state index contributed by atoms with van der Waals surface area (Å²) < 4.78 is 30.9. The molecular weight excluding hydrogens is 444 g/mol. The monoisotopic (exact) mass is 466 g/mol. The minimum atomic E-state index is -2.47. The Labute approximate surface area is 182 Å². The molecule has 0 aromatic carbocycles. The van der Waals surface area contributed by atoms with Crippen LogP contribution in [0.3, 0.4) is 0 Å². The highest BCUT2D eigenvalue weighted by molar-refractivity contribution is 6.65. The average molecular weight is 467 g/mol. The molecular formula is C18H23ClO12. The van der Waals surface area contributed by atoms with Crippen LogP contribution in [0.1, 0.15) is 41.0 Å². The lowest BCUT2D eigenvalue weighted by atomic mass is 9.92. The van der Waals surface area contributed by atoms with E-state index < -0.39 is 78.3 Å². The third-order valence-corrected chi connectivity index (χ3v) is 4.14. The Morgan fingerprint density at radius 1 is 0.903 bits per heavy atom. The minimum absolute atomic E-state index is 0.587. The predicted octanol–water partition coefficient (Wildman–Crippen LogP) is 0.158. The van der Waals surface area contributed by atoms with Gasteiger partial charge in [-0.25, -0.2) is 0 Å². The molecule has 0 bridgehead atoms. The topological polar surface area (TPSA) is 158 Å². The Hall–Kier alpha value is -2.73. The molecule has 1 saturated heterocycles. The lowest BCUT2D eigenvalue weighted by molar-refractivity contribution is -0.306. The lowest BCUT2D eigenvalue weighted by Gasteiger charge is -2.46. The number of esters is 5. The lowest BCUT2D eigenvalue weighted by Crippen LogP contribution is -2.64. The third-order valence-electron chi connectivity index (χ3n) is 3.85. The minimum Gasteiger partial charge on any atom is -0.462 e. The van der Waals surface area contributed by atoms with Gasteiger partial charge in [-0.1, -0.05) is 0 Å². The molecule has 174 valence electrons. The average Bonchev–Trinajstić information content (AvgIpc) is 2.58. The third kappa shape index (κ3) is 7.79. The van der Waals surface area contributed by atoms with Crippen LogP contribution in [0.2, 0.25) is 0 Å². The molecule has 1 heterocycles. The zero-order valence-electron chi connectivity index (χ0n) is 17.5. The van der Waals surface area contributed by atoms with Crippen LogP contribution in [0, 0.1) is 0 Å². The van der Waals surface area contributed by atoms with E-state index in [1.54, 1.807) is 0 Å². The summed E-state index contributed by atoms with van der Waals surface area (Å²) >= 11 is 5.63. The molecule has 1 fully saturated rings. The second kappa shape index (κ2) is 11.0. The van der Waals surface area contributed by atoms with Gasteiger partial charge < -0.3 is 28.4 Å². The molecule has 31 heavy (non-hydrogen) atoms. The van der Waals surface area contributed by atoms with Crippen molar-refractivity contribution in [2.45, 2.75) is 71.2 Å². The van der Waals surface area contributed by atoms with Crippen LogP contribution in [0.4, 0.5) is 0 Å². The Bertz CT molecular complexity index is 750. The Morgan fingerprint density at radius 2 is 1.48 bits per heavy atom. The molecule has 0 saturated carbocycles. The number of rotatable bonds is 8. The van der Waals surface area contributed by atoms with Crippen LogP contribution in [0.15, 0.2) is 0 Å². The van der Waals surface area contributed by atoms with E-state index >= 15 is 0 Å². The molecule has 5 atom stereocenters. The Morgan fingerprint density at radius 3 is 1.90 bits per heavy atom. The van der Waals surface area contributed by atoms with Crippen LogP contribution in [-0.4, -0.2) is 71.9 Å². The maximum absolute atomic E-state index is 12.2. The maximum Gasteiger partial charge on any atom is 0.305 e. The van der Waals surface area contributed by atoms with Gasteiger partial charge in [0.05, 0.1) is 6.42 Å². The molecule has 0 radical (unpaired) electrons. The first-order valence-corrected chi connectivity index (χ1v) is 9.37. The highest BCUT2D eigenvalue weighted by Gasteiger charge is 2.59. The molecule has 0 aromatic rings. The second-order valence-corrected chi connectivity index (χ2v) is 6.92. The van der Waals surface area contributed by atoms with Crippen LogP contribution in [0.25, 0.3) is 0 Å². The number of hydrogen-bond acceptors (Lipinski definition) is 12. The molecule has 1 aliphatic rings. The second-order valence-electron chi connectivity index (χ2n) is 6.58. The summed E-state index contributed by atoms with van der Waals surface area (Å²) in [4.78, 5) is 70.0. The van der Waals surface area contributed by atoms with Crippen molar-refractivity contribution < 1.29 is 57.2 Å². The highest BCUT2D eigenvalue weighted by Crippen LogP contribution is 2.38. The van der Waals surface area contributed by atoms with Crippen molar-refractivity contribution in [1.29, 1.82) is 0 Å². The van der Waals surface area contributed by atoms with Gasteiger partial charge in [-0.15, -0.1) is 0 Å². The van der Waals surface area contributed by atoms with Crippen molar-refractivity contribution in [2.24, 2.45) is 0 Å². The van der Waals surface area contributed by atoms with Crippen LogP contribution in [-0.2, 0) is 57.2 Å². The molecule has 0 aromatic heterocycles. The van der Waals surface area contributed by atoms with E-state index in [-0.39, 0.29) is 0 Å². The molecule has 1 aliphatic heterocycles. The Balaban J connectivity index is 3.55. The first kappa shape index (κ1) is 26.3. The number of halogens is 1. The van der Waals surface area contributed by atoms with Crippen LogP contribution in [0.5, 0.6) is 0 Å². The summed E-state index contributed by atoms with van der Waals surface area (Å²) in [5.74, 6) is -6.68. The van der Waals surface area contributed by atoms with Gasteiger partial charge in [0.15, 0.2) is 12.2 Å². The molecule has 13 heteroatoms. The zero-order valence-corrected chi connectivity index (χ0v) is 18.3.